The molecule has 9 amide bonds. The molecule has 3 heterocycles. The smallest absolute Gasteiger partial charge is 0.410 e. The quantitative estimate of drug-likeness (QED) is 0.0150. The van der Waals surface area contributed by atoms with Gasteiger partial charge in [-0.3, -0.25) is 0 Å². The summed E-state index contributed by atoms with van der Waals surface area (Å²) in [6.45, 7) is 22.2. The van der Waals surface area contributed by atoms with Gasteiger partial charge in [0.2, 0.25) is 0 Å². The molecule has 0 aromatic heterocycles. The van der Waals surface area contributed by atoms with Crippen LogP contribution in [0.4, 0.5) is 46.7 Å². The maximum Gasteiger partial charge on any atom is 0.410 e. The highest BCUT2D eigenvalue weighted by Crippen LogP contribution is 2.47. The summed E-state index contributed by atoms with van der Waals surface area (Å²) in [7, 11) is 7.25. The average molecular weight is 1960 g/mol. The molecule has 12 atom stereocenters. The number of nitrogens with two attached hydrogens (primary N) is 1. The second kappa shape index (κ2) is 55.6. The van der Waals surface area contributed by atoms with Crippen molar-refractivity contribution in [3.8, 4) is 0 Å². The van der Waals surface area contributed by atoms with Crippen molar-refractivity contribution in [1.82, 2.24) is 56.8 Å². The Hall–Kier alpha value is -6.93. The molecule has 3 aromatic carbocycles. The monoisotopic (exact) mass is 1960 g/mol. The highest BCUT2D eigenvalue weighted by Gasteiger charge is 2.48. The van der Waals surface area contributed by atoms with Gasteiger partial charge >= 0.3 is 42.5 Å². The minimum Gasteiger partial charge on any atom is -0.453 e. The Morgan fingerprint density at radius 2 is 0.857 bits per heavy atom. The minimum atomic E-state index is -1.70. The van der Waals surface area contributed by atoms with Crippen LogP contribution in [0.2, 0.25) is 34.7 Å². The van der Waals surface area contributed by atoms with Crippen LogP contribution in [0.15, 0.2) is 54.6 Å². The van der Waals surface area contributed by atoms with E-state index in [4.69, 9.17) is 54.4 Å². The number of methoxy groups -OCH3 is 3. The number of aliphatic hydroxyl groups is 5. The third-order valence-electron chi connectivity index (χ3n) is 26.1. The number of ether oxygens (including phenoxy) is 5. The van der Waals surface area contributed by atoms with Gasteiger partial charge in [-0.1, -0.05) is 129 Å². The van der Waals surface area contributed by atoms with Crippen LogP contribution in [0.5, 0.6) is 0 Å². The van der Waals surface area contributed by atoms with Gasteiger partial charge in [0, 0.05) is 127 Å². The van der Waals surface area contributed by atoms with Crippen molar-refractivity contribution in [2.24, 2.45) is 41.2 Å². The first-order valence-electron chi connectivity index (χ1n) is 47.8. The molecule has 9 rings (SSSR count). The Morgan fingerprint density at radius 3 is 1.20 bits per heavy atom. The number of carbonyl (C=O) groups excluding carboxylic acids is 7. The highest BCUT2D eigenvalue weighted by atomic mass is 35.5. The van der Waals surface area contributed by atoms with Gasteiger partial charge in [-0.15, -0.1) is 0 Å². The lowest BCUT2D eigenvalue weighted by atomic mass is 9.74. The van der Waals surface area contributed by atoms with Gasteiger partial charge in [0.1, 0.15) is 28.7 Å². The van der Waals surface area contributed by atoms with Crippen LogP contribution in [0.25, 0.3) is 0 Å². The highest BCUT2D eigenvalue weighted by molar-refractivity contribution is 6.69. The van der Waals surface area contributed by atoms with Crippen LogP contribution >= 0.6 is 34.8 Å². The number of benzene rings is 3. The lowest BCUT2D eigenvalue weighted by molar-refractivity contribution is -0.0559. The third-order valence-corrected chi connectivity index (χ3v) is 28.2. The molecule has 3 aliphatic heterocycles. The number of halogens is 6. The molecule has 3 saturated carbocycles. The van der Waals surface area contributed by atoms with E-state index in [0.29, 0.717) is 102 Å². The second-order valence-corrected chi connectivity index (χ2v) is 45.3. The number of hydrogen-bond acceptors (Lipinski definition) is 21. The van der Waals surface area contributed by atoms with Gasteiger partial charge < -0.3 is 116 Å². The Bertz CT molecular complexity index is 4070. The zero-order chi connectivity index (χ0) is 98.6. The molecule has 6 fully saturated rings. The van der Waals surface area contributed by atoms with E-state index in [1.54, 1.807) is 80.9 Å². The van der Waals surface area contributed by atoms with Gasteiger partial charge in [0.05, 0.1) is 83.6 Å². The first-order chi connectivity index (χ1) is 62.7. The molecular formula is C96H158Cl3F3N12O18Si. The Kier molecular flexibility index (Phi) is 48.0. The van der Waals surface area contributed by atoms with Crippen LogP contribution in [-0.2, 0) is 44.9 Å². The van der Waals surface area contributed by atoms with Crippen LogP contribution in [0, 0.1) is 53.0 Å². The molecule has 3 saturated heterocycles. The summed E-state index contributed by atoms with van der Waals surface area (Å²) in [5, 5.41) is 78.0. The molecule has 0 bridgehead atoms. The number of rotatable bonds is 34. The number of carbonyl (C=O) groups is 7. The zero-order valence-electron chi connectivity index (χ0n) is 81.4. The Morgan fingerprint density at radius 1 is 0.511 bits per heavy atom. The zero-order valence-corrected chi connectivity index (χ0v) is 84.6. The minimum absolute atomic E-state index is 0.0148. The molecular weight excluding hydrogens is 1800 g/mol. The predicted molar refractivity (Wildman–Crippen MR) is 513 cm³/mol. The van der Waals surface area contributed by atoms with E-state index in [1.165, 1.54) is 95.1 Å². The number of aliphatic hydroxyl groups excluding tert-OH is 2. The first kappa shape index (κ1) is 115. The Labute approximate surface area is 803 Å². The fourth-order valence-corrected chi connectivity index (χ4v) is 21.2. The summed E-state index contributed by atoms with van der Waals surface area (Å²) in [6.07, 6.45) is 18.3. The van der Waals surface area contributed by atoms with E-state index in [-0.39, 0.29) is 114 Å². The number of nitrogens with zero attached hydrogens (tertiary/aromatic N) is 4. The summed E-state index contributed by atoms with van der Waals surface area (Å²) < 4.78 is 74.1. The number of urea groups is 2. The standard InChI is InChI=1S/C33H52ClFN4O7.C28H44ClFN4O5.C18H38N2O3Si.C17H24ClFN2O3/c1-32(2,3)46-31(43)38(4)21-26(28(40)22-12-7-6-8-13-22)37-29(41)39-19-10-14-23(20-39)33(44,17-11-18-36-30(42)45-5)24-15-9-16-25(35)27(24)34;1-31-17-23(25(35)19-9-4-3-5-10-19)33-26(36)34-16-7-11-20(18-34)28(38,14-8-15-32-27(37)39-2)21-12-6-13-22(30)24(21)29;1-18(2,3)22-17(21)20(4)13-15(19)16(23-24(5,6)7)14-11-9-8-10-12-14;1-24-16(22)21-10-4-8-17(23,12-5-3-9-20-11-12)13-6-2-7-14(19)15(13)18/h9,15-16,22-23,26,28,40,44H,6-8,10-14,17-21H2,1-5H3,(H,36,42)(H,37,41);6,12-13,19-20,23,25,31,35,38H,3-5,7-11,14-18H2,1-2H3,(H,32,37)(H,33,36);14-16H,8-13,19H2,1-7H3;2,6-7,12,20,23H,3-5,8-11H2,1H3,(H,21,22)/t23-,26-,28+,33+;20-,23-,25+,28+;15-,16+;12-,17+/m1111/s1. The van der Waals surface area contributed by atoms with Crippen molar-refractivity contribution in [2.75, 3.05) is 121 Å². The maximum atomic E-state index is 14.6. The summed E-state index contributed by atoms with van der Waals surface area (Å²) in [4.78, 5) is 92.6. The van der Waals surface area contributed by atoms with Crippen LogP contribution in [0.1, 0.15) is 232 Å². The molecule has 133 heavy (non-hydrogen) atoms. The molecule has 0 spiro atoms. The summed E-state index contributed by atoms with van der Waals surface area (Å²) >= 11 is 18.9. The van der Waals surface area contributed by atoms with Crippen molar-refractivity contribution < 1.29 is 100 Å². The van der Waals surface area contributed by atoms with E-state index in [2.05, 4.69) is 71.1 Å². The van der Waals surface area contributed by atoms with E-state index >= 15 is 0 Å². The Balaban J connectivity index is 0.000000283. The predicted octanol–water partition coefficient (Wildman–Crippen LogP) is 15.9. The number of nitrogens with one attached hydrogen (secondary N) is 7. The molecule has 3 aliphatic carbocycles. The third kappa shape index (κ3) is 36.7. The number of hydrogen-bond donors (Lipinski definition) is 13. The second-order valence-electron chi connectivity index (χ2n) is 39.7. The summed E-state index contributed by atoms with van der Waals surface area (Å²) in [5.41, 5.74) is 1.85. The molecule has 3 aromatic rings. The van der Waals surface area contributed by atoms with Crippen molar-refractivity contribution in [1.29, 1.82) is 0 Å². The SMILES string of the molecule is CN(C[C@@H](N)[C@@H](O[Si](C)(C)C)C1CCCCC1)C(=O)OC(C)(C)C.CNC[C@@H](NC(=O)N1CCC[C@@H]([C@@](O)(CCCNC(=O)OC)c2cccc(F)c2Cl)C1)[C@@H](O)C1CCCCC1.COC(=O)NCCC[C@@](O)(c1cccc(F)c1Cl)[C@@H]1CCCN(C(=O)N[C@H](CN(C)C(=O)OC(C)(C)C)[C@@H](O)C2CCCCC2)C1.COC(=O)NCCC[C@@](O)(c1cccc(F)c1Cl)[C@@H]1CCCNC1. The molecule has 30 nitrogen and oxygen atoms in total. The maximum absolute atomic E-state index is 14.6. The largest absolute Gasteiger partial charge is 0.453 e. The molecule has 14 N–H and O–H groups in total. The average Bonchev–Trinajstić information content (AvgIpc) is 0.778. The van der Waals surface area contributed by atoms with Gasteiger partial charge in [0.25, 0.3) is 0 Å². The van der Waals surface area contributed by atoms with Gasteiger partial charge in [-0.05, 0) is 226 Å². The molecule has 6 aliphatic rings. The molecule has 0 unspecified atom stereocenters. The number of likely N-dealkylation sites (tertiary alicyclic amines) is 2. The lowest BCUT2D eigenvalue weighted by Crippen LogP contribution is -2.58. The van der Waals surface area contributed by atoms with Crippen LogP contribution in [0.3, 0.4) is 0 Å². The number of likely N-dealkylation sites (N-methyl/N-ethyl adjacent to an activating group) is 3. The number of amides is 9. The van der Waals surface area contributed by atoms with E-state index in [1.807, 2.05) is 20.8 Å². The van der Waals surface area contributed by atoms with Gasteiger partial charge in [-0.2, -0.15) is 0 Å². The van der Waals surface area contributed by atoms with Crippen molar-refractivity contribution in [2.45, 2.75) is 299 Å². The van der Waals surface area contributed by atoms with Crippen LogP contribution < -0.4 is 43.0 Å². The first-order valence-corrected chi connectivity index (χ1v) is 52.4. The van der Waals surface area contributed by atoms with Gasteiger partial charge in [-0.25, -0.2) is 46.7 Å². The molecule has 37 heteroatoms. The number of alkyl carbamates (subject to hydrolysis) is 3. The molecule has 0 radical (unpaired) electrons. The topological polar surface area (TPSA) is 399 Å². The summed E-state index contributed by atoms with van der Waals surface area (Å²) in [6, 6.07) is 11.1. The van der Waals surface area contributed by atoms with Crippen molar-refractivity contribution >= 4 is 85.6 Å². The van der Waals surface area contributed by atoms with E-state index in [0.717, 1.165) is 77.2 Å². The van der Waals surface area contributed by atoms with E-state index < -0.39 is 120 Å². The fourth-order valence-electron chi connectivity index (χ4n) is 19.2. The van der Waals surface area contributed by atoms with Gasteiger partial charge in [0.15, 0.2) is 8.32 Å². The lowest BCUT2D eigenvalue weighted by Gasteiger charge is -2.44. The number of piperidine rings is 3. The molecule has 756 valence electrons. The van der Waals surface area contributed by atoms with E-state index in [9.17, 15) is 72.3 Å². The fraction of sp³-hybridized carbons (Fsp3) is 0.740. The normalized spacial score (nSPS) is 20.5. The van der Waals surface area contributed by atoms with Crippen molar-refractivity contribution in [3.05, 3.63) is 104 Å². The summed E-state index contributed by atoms with van der Waals surface area (Å²) in [5.74, 6) is -2.16. The van der Waals surface area contributed by atoms with Crippen molar-refractivity contribution in [3.63, 3.8) is 0 Å². The van der Waals surface area contributed by atoms with Crippen LogP contribution in [-0.4, -0.2) is 265 Å².